The van der Waals surface area contributed by atoms with Crippen molar-refractivity contribution in [3.63, 3.8) is 0 Å². The molecule has 2 N–H and O–H groups in total. The van der Waals surface area contributed by atoms with E-state index < -0.39 is 17.7 Å². The van der Waals surface area contributed by atoms with Crippen molar-refractivity contribution in [3.05, 3.63) is 45.9 Å². The molecule has 20 heavy (non-hydrogen) atoms. The largest absolute Gasteiger partial charge is 0.476 e. The lowest BCUT2D eigenvalue weighted by Gasteiger charge is -2.08. The summed E-state index contributed by atoms with van der Waals surface area (Å²) in [6.07, 6.45) is -4.36. The van der Waals surface area contributed by atoms with E-state index in [2.05, 4.69) is 10.3 Å². The molecule has 0 atom stereocenters. The van der Waals surface area contributed by atoms with Gasteiger partial charge in [-0.2, -0.15) is 13.2 Å². The smallest absolute Gasteiger partial charge is 0.416 e. The maximum Gasteiger partial charge on any atom is 0.416 e. The number of hydrogen-bond donors (Lipinski definition) is 2. The Bertz CT molecular complexity index is 608. The predicted molar refractivity (Wildman–Crippen MR) is 67.8 cm³/mol. The maximum absolute atomic E-state index is 12.4. The molecule has 1 heterocycles. The topological polar surface area (TPSA) is 62.2 Å². The minimum atomic E-state index is -4.36. The molecule has 0 saturated heterocycles. The zero-order chi connectivity index (χ0) is 14.8. The van der Waals surface area contributed by atoms with E-state index in [0.29, 0.717) is 10.7 Å². The van der Waals surface area contributed by atoms with Crippen LogP contribution in [0, 0.1) is 0 Å². The number of halogens is 3. The molecule has 2 rings (SSSR count). The quantitative estimate of drug-likeness (QED) is 0.907. The molecule has 1 aromatic carbocycles. The van der Waals surface area contributed by atoms with Crippen molar-refractivity contribution in [2.75, 3.05) is 5.32 Å². The number of anilines is 1. The lowest BCUT2D eigenvalue weighted by Crippen LogP contribution is -2.05. The van der Waals surface area contributed by atoms with Gasteiger partial charge in [0, 0.05) is 11.1 Å². The van der Waals surface area contributed by atoms with Gasteiger partial charge in [0.15, 0.2) is 5.69 Å². The Hall–Kier alpha value is -2.09. The van der Waals surface area contributed by atoms with Crippen LogP contribution in [0.2, 0.25) is 0 Å². The normalized spacial score (nSPS) is 11.3. The van der Waals surface area contributed by atoms with E-state index in [9.17, 15) is 18.0 Å². The minimum absolute atomic E-state index is 0.0424. The van der Waals surface area contributed by atoms with Crippen LogP contribution in [0.1, 0.15) is 21.1 Å². The van der Waals surface area contributed by atoms with Gasteiger partial charge in [0.2, 0.25) is 0 Å². The fourth-order valence-electron chi connectivity index (χ4n) is 1.45. The first-order chi connectivity index (χ1) is 9.36. The minimum Gasteiger partial charge on any atom is -0.476 e. The zero-order valence-corrected chi connectivity index (χ0v) is 10.8. The molecule has 2 aromatic rings. The van der Waals surface area contributed by atoms with Crippen LogP contribution in [0.15, 0.2) is 29.6 Å². The Balaban J connectivity index is 1.98. The summed E-state index contributed by atoms with van der Waals surface area (Å²) in [4.78, 5) is 14.5. The van der Waals surface area contributed by atoms with Gasteiger partial charge >= 0.3 is 12.1 Å². The third kappa shape index (κ3) is 3.47. The summed E-state index contributed by atoms with van der Waals surface area (Å²) in [7, 11) is 0. The number of hydrogen-bond acceptors (Lipinski definition) is 4. The first kappa shape index (κ1) is 14.3. The lowest BCUT2D eigenvalue weighted by molar-refractivity contribution is -0.137. The van der Waals surface area contributed by atoms with Crippen molar-refractivity contribution in [3.8, 4) is 0 Å². The van der Waals surface area contributed by atoms with Gasteiger partial charge in [0.25, 0.3) is 0 Å². The Morgan fingerprint density at radius 3 is 2.45 bits per heavy atom. The van der Waals surface area contributed by atoms with Gasteiger partial charge < -0.3 is 10.4 Å². The van der Waals surface area contributed by atoms with Gasteiger partial charge in [-0.25, -0.2) is 9.78 Å². The first-order valence-corrected chi connectivity index (χ1v) is 6.33. The van der Waals surface area contributed by atoms with Crippen LogP contribution in [0.3, 0.4) is 0 Å². The van der Waals surface area contributed by atoms with Gasteiger partial charge in [-0.1, -0.05) is 0 Å². The van der Waals surface area contributed by atoms with Crippen molar-refractivity contribution < 1.29 is 23.1 Å². The molecule has 0 saturated carbocycles. The Morgan fingerprint density at radius 1 is 1.30 bits per heavy atom. The highest BCUT2D eigenvalue weighted by molar-refractivity contribution is 7.09. The van der Waals surface area contributed by atoms with Crippen LogP contribution in [0.5, 0.6) is 0 Å². The second kappa shape index (κ2) is 5.49. The van der Waals surface area contributed by atoms with E-state index >= 15 is 0 Å². The van der Waals surface area contributed by atoms with Crippen LogP contribution in [-0.4, -0.2) is 16.1 Å². The summed E-state index contributed by atoms with van der Waals surface area (Å²) >= 11 is 1.17. The van der Waals surface area contributed by atoms with Crippen LogP contribution >= 0.6 is 11.3 Å². The van der Waals surface area contributed by atoms with Crippen LogP contribution in [-0.2, 0) is 12.7 Å². The molecule has 4 nitrogen and oxygen atoms in total. The van der Waals surface area contributed by atoms with Crippen molar-refractivity contribution >= 4 is 23.0 Å². The number of carboxylic acids is 1. The van der Waals surface area contributed by atoms with E-state index in [-0.39, 0.29) is 12.2 Å². The number of aromatic nitrogens is 1. The Kier molecular flexibility index (Phi) is 3.93. The van der Waals surface area contributed by atoms with Gasteiger partial charge in [-0.15, -0.1) is 11.3 Å². The third-order valence-electron chi connectivity index (χ3n) is 2.43. The Labute approximate surface area is 115 Å². The van der Waals surface area contributed by atoms with E-state index in [4.69, 9.17) is 5.11 Å². The number of rotatable bonds is 4. The van der Waals surface area contributed by atoms with Crippen molar-refractivity contribution in [2.24, 2.45) is 0 Å². The number of alkyl halides is 3. The molecule has 8 heteroatoms. The van der Waals surface area contributed by atoms with Crippen LogP contribution in [0.4, 0.5) is 18.9 Å². The highest BCUT2D eigenvalue weighted by atomic mass is 32.1. The molecule has 1 aromatic heterocycles. The first-order valence-electron chi connectivity index (χ1n) is 5.45. The average Bonchev–Trinajstić information content (AvgIpc) is 2.85. The molecular formula is C12H9F3N2O2S. The van der Waals surface area contributed by atoms with Crippen LogP contribution in [0.25, 0.3) is 0 Å². The summed E-state index contributed by atoms with van der Waals surface area (Å²) in [5.41, 5.74) is -0.255. The number of carbonyl (C=O) groups is 1. The summed E-state index contributed by atoms with van der Waals surface area (Å²) in [6, 6.07) is 4.59. The molecular weight excluding hydrogens is 293 g/mol. The van der Waals surface area contributed by atoms with Crippen molar-refractivity contribution in [2.45, 2.75) is 12.7 Å². The highest BCUT2D eigenvalue weighted by Crippen LogP contribution is 2.29. The lowest BCUT2D eigenvalue weighted by atomic mass is 10.2. The highest BCUT2D eigenvalue weighted by Gasteiger charge is 2.29. The van der Waals surface area contributed by atoms with Gasteiger partial charge in [0.1, 0.15) is 5.01 Å². The molecule has 0 aliphatic heterocycles. The molecule has 0 fully saturated rings. The van der Waals surface area contributed by atoms with E-state index in [1.807, 2.05) is 0 Å². The zero-order valence-electron chi connectivity index (χ0n) is 9.94. The molecule has 0 spiro atoms. The summed E-state index contributed by atoms with van der Waals surface area (Å²) < 4.78 is 37.1. The van der Waals surface area contributed by atoms with Crippen molar-refractivity contribution in [1.29, 1.82) is 0 Å². The molecule has 106 valence electrons. The SMILES string of the molecule is O=C(O)c1csc(CNc2ccc(C(F)(F)F)cc2)n1. The van der Waals surface area contributed by atoms with Crippen LogP contribution < -0.4 is 5.32 Å². The second-order valence-electron chi connectivity index (χ2n) is 3.86. The van der Waals surface area contributed by atoms with E-state index in [0.717, 1.165) is 12.1 Å². The molecule has 0 aliphatic rings. The molecule has 0 radical (unpaired) electrons. The van der Waals surface area contributed by atoms with Gasteiger partial charge in [0.05, 0.1) is 12.1 Å². The number of nitrogens with one attached hydrogen (secondary N) is 1. The molecule has 0 aliphatic carbocycles. The molecule has 0 unspecified atom stereocenters. The third-order valence-corrected chi connectivity index (χ3v) is 3.28. The summed E-state index contributed by atoms with van der Waals surface area (Å²) in [5.74, 6) is -1.11. The number of thiazole rings is 1. The monoisotopic (exact) mass is 302 g/mol. The molecule has 0 bridgehead atoms. The Morgan fingerprint density at radius 2 is 1.95 bits per heavy atom. The predicted octanol–water partition coefficient (Wildman–Crippen LogP) is 3.47. The summed E-state index contributed by atoms with van der Waals surface area (Å²) in [6.45, 7) is 0.253. The number of carboxylic acid groups (broad SMARTS) is 1. The second-order valence-corrected chi connectivity index (χ2v) is 4.80. The summed E-state index contributed by atoms with van der Waals surface area (Å²) in [5, 5.41) is 13.5. The fourth-order valence-corrected chi connectivity index (χ4v) is 2.15. The number of nitrogens with zero attached hydrogens (tertiary/aromatic N) is 1. The maximum atomic E-state index is 12.4. The van der Waals surface area contributed by atoms with Gasteiger partial charge in [-0.05, 0) is 24.3 Å². The van der Waals surface area contributed by atoms with E-state index in [1.54, 1.807) is 0 Å². The number of benzene rings is 1. The van der Waals surface area contributed by atoms with Gasteiger partial charge in [-0.3, -0.25) is 0 Å². The van der Waals surface area contributed by atoms with Crippen molar-refractivity contribution in [1.82, 2.24) is 4.98 Å². The fraction of sp³-hybridized carbons (Fsp3) is 0.167. The number of aromatic carboxylic acids is 1. The molecule has 0 amide bonds. The standard InChI is InChI=1S/C12H9F3N2O2S/c13-12(14,15)7-1-3-8(4-2-7)16-5-10-17-9(6-20-10)11(18)19/h1-4,6,16H,5H2,(H,18,19). The average molecular weight is 302 g/mol. The van der Waals surface area contributed by atoms with E-state index in [1.165, 1.54) is 28.8 Å².